The predicted molar refractivity (Wildman–Crippen MR) is 89.1 cm³/mol. The van der Waals surface area contributed by atoms with Gasteiger partial charge in [0, 0.05) is 11.4 Å². The van der Waals surface area contributed by atoms with Gasteiger partial charge >= 0.3 is 0 Å². The van der Waals surface area contributed by atoms with Crippen molar-refractivity contribution in [2.24, 2.45) is 0 Å². The van der Waals surface area contributed by atoms with E-state index in [9.17, 15) is 4.79 Å². The monoisotopic (exact) mass is 286 g/mol. The van der Waals surface area contributed by atoms with Crippen LogP contribution in [0.2, 0.25) is 0 Å². The van der Waals surface area contributed by atoms with Gasteiger partial charge < -0.3 is 15.4 Å². The summed E-state index contributed by atoms with van der Waals surface area (Å²) in [7, 11) is 0. The van der Waals surface area contributed by atoms with Crippen molar-refractivity contribution < 1.29 is 4.79 Å². The van der Waals surface area contributed by atoms with Crippen molar-refractivity contribution in [3.63, 3.8) is 0 Å². The van der Waals surface area contributed by atoms with Crippen LogP contribution in [0.15, 0.2) is 60.7 Å². The summed E-state index contributed by atoms with van der Waals surface area (Å²) >= 11 is 5.20. The van der Waals surface area contributed by atoms with E-state index in [0.29, 0.717) is 5.11 Å². The van der Waals surface area contributed by atoms with Crippen molar-refractivity contribution >= 4 is 34.5 Å². The third-order valence-corrected chi connectivity index (χ3v) is 2.27. The lowest BCUT2D eigenvalue weighted by Gasteiger charge is -2.09. The smallest absolute Gasteiger partial charge is 0.175 e. The average molecular weight is 286 g/mol. The second-order valence-corrected chi connectivity index (χ2v) is 4.63. The van der Waals surface area contributed by atoms with Crippen LogP contribution in [0.4, 0.5) is 11.4 Å². The molecule has 104 valence electrons. The van der Waals surface area contributed by atoms with Gasteiger partial charge in [0.1, 0.15) is 5.78 Å². The summed E-state index contributed by atoms with van der Waals surface area (Å²) in [6.07, 6.45) is 0. The highest BCUT2D eigenvalue weighted by atomic mass is 32.1. The van der Waals surface area contributed by atoms with Gasteiger partial charge in [-0.2, -0.15) is 0 Å². The fraction of sp³-hybridized carbons (Fsp3) is 0.125. The van der Waals surface area contributed by atoms with Crippen LogP contribution in [0.1, 0.15) is 13.8 Å². The Bertz CT molecular complexity index is 493. The zero-order valence-electron chi connectivity index (χ0n) is 11.6. The molecule has 0 amide bonds. The van der Waals surface area contributed by atoms with Gasteiger partial charge in [0.2, 0.25) is 0 Å². The molecule has 0 unspecified atom stereocenters. The fourth-order valence-corrected chi connectivity index (χ4v) is 1.57. The van der Waals surface area contributed by atoms with Crippen molar-refractivity contribution in [3.05, 3.63) is 60.7 Å². The molecule has 20 heavy (non-hydrogen) atoms. The van der Waals surface area contributed by atoms with E-state index >= 15 is 0 Å². The normalized spacial score (nSPS) is 8.90. The Labute approximate surface area is 125 Å². The van der Waals surface area contributed by atoms with Crippen molar-refractivity contribution in [3.8, 4) is 0 Å². The summed E-state index contributed by atoms with van der Waals surface area (Å²) in [6.45, 7) is 3.06. The van der Waals surface area contributed by atoms with Gasteiger partial charge in [0.15, 0.2) is 5.11 Å². The lowest BCUT2D eigenvalue weighted by atomic mass is 10.3. The minimum Gasteiger partial charge on any atom is -0.332 e. The number of hydrogen-bond acceptors (Lipinski definition) is 2. The van der Waals surface area contributed by atoms with Gasteiger partial charge in [-0.1, -0.05) is 36.4 Å². The van der Waals surface area contributed by atoms with Crippen LogP contribution >= 0.6 is 12.2 Å². The lowest BCUT2D eigenvalue weighted by molar-refractivity contribution is -0.114. The molecule has 0 heterocycles. The maximum absolute atomic E-state index is 9.44. The standard InChI is InChI=1S/C13H12N2S.C3H6O/c16-13(14-11-7-3-1-4-8-11)15-12-9-5-2-6-10-12;1-3(2)4/h1-10H,(H2,14,15,16);1-2H3. The third-order valence-electron chi connectivity index (χ3n) is 2.06. The Balaban J connectivity index is 0.000000444. The number of para-hydroxylation sites is 2. The third kappa shape index (κ3) is 7.28. The molecule has 2 aromatic carbocycles. The summed E-state index contributed by atoms with van der Waals surface area (Å²) in [6, 6.07) is 19.7. The van der Waals surface area contributed by atoms with Gasteiger partial charge in [0.05, 0.1) is 0 Å². The molecule has 0 aromatic heterocycles. The van der Waals surface area contributed by atoms with Gasteiger partial charge in [-0.3, -0.25) is 0 Å². The van der Waals surface area contributed by atoms with E-state index in [0.717, 1.165) is 11.4 Å². The number of Topliss-reactive ketones (excluding diaryl/α,β-unsaturated/α-hetero) is 1. The van der Waals surface area contributed by atoms with Crippen LogP contribution in [0.25, 0.3) is 0 Å². The molecule has 0 saturated heterocycles. The van der Waals surface area contributed by atoms with E-state index < -0.39 is 0 Å². The summed E-state index contributed by atoms with van der Waals surface area (Å²) in [4.78, 5) is 9.44. The maximum Gasteiger partial charge on any atom is 0.175 e. The highest BCUT2D eigenvalue weighted by Crippen LogP contribution is 2.08. The van der Waals surface area contributed by atoms with Gasteiger partial charge in [-0.25, -0.2) is 0 Å². The summed E-state index contributed by atoms with van der Waals surface area (Å²) in [5.41, 5.74) is 1.96. The zero-order valence-corrected chi connectivity index (χ0v) is 12.4. The zero-order chi connectivity index (χ0) is 14.8. The largest absolute Gasteiger partial charge is 0.332 e. The molecular weight excluding hydrogens is 268 g/mol. The van der Waals surface area contributed by atoms with E-state index in [2.05, 4.69) is 10.6 Å². The van der Waals surface area contributed by atoms with Crippen LogP contribution in [0, 0.1) is 0 Å². The maximum atomic E-state index is 9.44. The molecule has 0 aliphatic heterocycles. The highest BCUT2D eigenvalue weighted by molar-refractivity contribution is 7.80. The fourth-order valence-electron chi connectivity index (χ4n) is 1.34. The molecule has 0 aliphatic carbocycles. The van der Waals surface area contributed by atoms with E-state index in [1.807, 2.05) is 60.7 Å². The number of thiocarbonyl (C=S) groups is 1. The van der Waals surface area contributed by atoms with Crippen LogP contribution in [0.3, 0.4) is 0 Å². The molecule has 2 N–H and O–H groups in total. The van der Waals surface area contributed by atoms with E-state index in [1.54, 1.807) is 0 Å². The first kappa shape index (κ1) is 15.9. The Morgan fingerprint density at radius 2 is 1.10 bits per heavy atom. The Morgan fingerprint density at radius 1 is 0.800 bits per heavy atom. The topological polar surface area (TPSA) is 41.1 Å². The highest BCUT2D eigenvalue weighted by Gasteiger charge is 1.96. The van der Waals surface area contributed by atoms with Crippen LogP contribution < -0.4 is 10.6 Å². The first-order chi connectivity index (χ1) is 9.58. The van der Waals surface area contributed by atoms with E-state index in [-0.39, 0.29) is 5.78 Å². The Morgan fingerprint density at radius 3 is 1.40 bits per heavy atom. The molecule has 0 saturated carbocycles. The van der Waals surface area contributed by atoms with Crippen molar-refractivity contribution in [2.75, 3.05) is 10.6 Å². The molecule has 0 radical (unpaired) electrons. The number of ketones is 1. The molecule has 2 rings (SSSR count). The van der Waals surface area contributed by atoms with Crippen LogP contribution in [-0.4, -0.2) is 10.9 Å². The summed E-state index contributed by atoms with van der Waals surface area (Å²) in [5, 5.41) is 6.82. The lowest BCUT2D eigenvalue weighted by Crippen LogP contribution is -2.18. The number of nitrogens with one attached hydrogen (secondary N) is 2. The average Bonchev–Trinajstić information content (AvgIpc) is 2.40. The second kappa shape index (κ2) is 8.82. The van der Waals surface area contributed by atoms with Crippen molar-refractivity contribution in [1.29, 1.82) is 0 Å². The Hall–Kier alpha value is -2.20. The van der Waals surface area contributed by atoms with Crippen LogP contribution in [-0.2, 0) is 4.79 Å². The second-order valence-electron chi connectivity index (χ2n) is 4.22. The molecule has 4 heteroatoms. The van der Waals surface area contributed by atoms with E-state index in [1.165, 1.54) is 13.8 Å². The van der Waals surface area contributed by atoms with E-state index in [4.69, 9.17) is 12.2 Å². The molecule has 0 aliphatic rings. The number of hydrogen-bond donors (Lipinski definition) is 2. The molecule has 0 atom stereocenters. The number of rotatable bonds is 2. The SMILES string of the molecule is CC(C)=O.S=C(Nc1ccccc1)Nc1ccccc1. The van der Waals surface area contributed by atoms with Crippen LogP contribution in [0.5, 0.6) is 0 Å². The first-order valence-corrected chi connectivity index (χ1v) is 6.64. The number of anilines is 2. The molecule has 0 bridgehead atoms. The van der Waals surface area contributed by atoms with Crippen molar-refractivity contribution in [2.45, 2.75) is 13.8 Å². The minimum absolute atomic E-state index is 0.167. The number of carbonyl (C=O) groups is 1. The van der Waals surface area contributed by atoms with Gasteiger partial charge in [0.25, 0.3) is 0 Å². The molecule has 2 aromatic rings. The van der Waals surface area contributed by atoms with Gasteiger partial charge in [-0.05, 0) is 50.3 Å². The molecule has 0 spiro atoms. The van der Waals surface area contributed by atoms with Crippen molar-refractivity contribution in [1.82, 2.24) is 0 Å². The molecular formula is C16H18N2OS. The first-order valence-electron chi connectivity index (χ1n) is 6.23. The number of benzene rings is 2. The number of carbonyl (C=O) groups excluding carboxylic acids is 1. The predicted octanol–water partition coefficient (Wildman–Crippen LogP) is 4.09. The quantitative estimate of drug-likeness (QED) is 0.816. The summed E-state index contributed by atoms with van der Waals surface area (Å²) < 4.78 is 0. The van der Waals surface area contributed by atoms with Gasteiger partial charge in [-0.15, -0.1) is 0 Å². The molecule has 0 fully saturated rings. The Kier molecular flexibility index (Phi) is 7.00. The molecule has 3 nitrogen and oxygen atoms in total. The summed E-state index contributed by atoms with van der Waals surface area (Å²) in [5.74, 6) is 0.167. The minimum atomic E-state index is 0.167.